The lowest BCUT2D eigenvalue weighted by Gasteiger charge is -2.10. The Morgan fingerprint density at radius 1 is 1.26 bits per heavy atom. The number of aromatic nitrogens is 5. The van der Waals surface area contributed by atoms with Crippen LogP contribution in [0.1, 0.15) is 11.3 Å². The average molecular weight is 312 g/mol. The van der Waals surface area contributed by atoms with E-state index in [0.717, 1.165) is 11.3 Å². The van der Waals surface area contributed by atoms with Gasteiger partial charge in [0.2, 0.25) is 0 Å². The van der Waals surface area contributed by atoms with Crippen LogP contribution in [-0.2, 0) is 4.79 Å². The fraction of sp³-hybridized carbons (Fsp3) is 0.200. The third-order valence-electron chi connectivity index (χ3n) is 3.31. The first-order valence-electron chi connectivity index (χ1n) is 7.03. The van der Waals surface area contributed by atoms with Crippen molar-refractivity contribution in [2.24, 2.45) is 0 Å². The molecule has 0 aliphatic carbocycles. The number of hydrogen-bond acceptors (Lipinski definition) is 5. The highest BCUT2D eigenvalue weighted by Gasteiger charge is 2.15. The molecule has 8 nitrogen and oxygen atoms in total. The summed E-state index contributed by atoms with van der Waals surface area (Å²) in [6.45, 7) is 3.66. The van der Waals surface area contributed by atoms with Crippen LogP contribution in [0.25, 0.3) is 5.82 Å². The van der Waals surface area contributed by atoms with Gasteiger partial charge in [-0.25, -0.2) is 0 Å². The zero-order valence-corrected chi connectivity index (χ0v) is 12.8. The number of H-pyrrole nitrogens is 1. The summed E-state index contributed by atoms with van der Waals surface area (Å²) in [6, 6.07) is 7.54. The van der Waals surface area contributed by atoms with Crippen LogP contribution in [-0.4, -0.2) is 37.5 Å². The molecule has 0 spiro atoms. The maximum absolute atomic E-state index is 12.2. The number of carbonyl (C=O) groups excluding carboxylic acids is 1. The molecule has 3 aromatic rings. The minimum Gasteiger partial charge on any atom is -0.483 e. The van der Waals surface area contributed by atoms with Crippen molar-refractivity contribution in [2.45, 2.75) is 13.8 Å². The Balaban J connectivity index is 1.69. The highest BCUT2D eigenvalue weighted by molar-refractivity contribution is 5.94. The first kappa shape index (κ1) is 14.8. The lowest BCUT2D eigenvalue weighted by atomic mass is 10.2. The van der Waals surface area contributed by atoms with Gasteiger partial charge in [-0.05, 0) is 25.5 Å². The molecule has 0 aliphatic heterocycles. The maximum atomic E-state index is 12.2. The summed E-state index contributed by atoms with van der Waals surface area (Å²) in [7, 11) is 0. The van der Waals surface area contributed by atoms with Gasteiger partial charge in [-0.3, -0.25) is 14.5 Å². The Morgan fingerprint density at radius 3 is 2.74 bits per heavy atom. The largest absolute Gasteiger partial charge is 0.483 e. The molecule has 118 valence electrons. The first-order chi connectivity index (χ1) is 11.1. The summed E-state index contributed by atoms with van der Waals surface area (Å²) in [5.41, 5.74) is 2.28. The van der Waals surface area contributed by atoms with Crippen LogP contribution in [0.3, 0.4) is 0 Å². The second-order valence-electron chi connectivity index (χ2n) is 5.02. The number of nitrogens with one attached hydrogen (secondary N) is 2. The van der Waals surface area contributed by atoms with Gasteiger partial charge in [0.15, 0.2) is 12.4 Å². The van der Waals surface area contributed by atoms with E-state index in [0.29, 0.717) is 17.3 Å². The highest BCUT2D eigenvalue weighted by atomic mass is 16.5. The van der Waals surface area contributed by atoms with E-state index >= 15 is 0 Å². The monoisotopic (exact) mass is 312 g/mol. The summed E-state index contributed by atoms with van der Waals surface area (Å²) >= 11 is 0. The molecule has 0 saturated heterocycles. The summed E-state index contributed by atoms with van der Waals surface area (Å²) in [5.74, 6) is 0.939. The number of aromatic amines is 1. The third kappa shape index (κ3) is 3.20. The number of carbonyl (C=O) groups is 1. The fourth-order valence-corrected chi connectivity index (χ4v) is 2.10. The maximum Gasteiger partial charge on any atom is 0.262 e. The molecule has 0 aliphatic rings. The van der Waals surface area contributed by atoms with Crippen LogP contribution in [0.4, 0.5) is 5.69 Å². The standard InChI is InChI=1S/C15H16N6O2/c1-10-5-3-4-6-12(10)23-7-13(22)18-14-11(2)19-20-15(14)21-8-16-17-9-21/h3-6,8-9H,7H2,1-2H3,(H,18,22)(H,19,20). The molecule has 0 atom stereocenters. The van der Waals surface area contributed by atoms with Crippen LogP contribution in [0.2, 0.25) is 0 Å². The van der Waals surface area contributed by atoms with E-state index < -0.39 is 0 Å². The molecule has 0 bridgehead atoms. The predicted octanol–water partition coefficient (Wildman–Crippen LogP) is 1.62. The summed E-state index contributed by atoms with van der Waals surface area (Å²) < 4.78 is 7.16. The van der Waals surface area contributed by atoms with Crippen LogP contribution in [0, 0.1) is 13.8 Å². The van der Waals surface area contributed by atoms with Crippen molar-refractivity contribution >= 4 is 11.6 Å². The van der Waals surface area contributed by atoms with Crippen LogP contribution < -0.4 is 10.1 Å². The van der Waals surface area contributed by atoms with E-state index in [9.17, 15) is 4.79 Å². The van der Waals surface area contributed by atoms with E-state index in [-0.39, 0.29) is 12.5 Å². The number of amides is 1. The van der Waals surface area contributed by atoms with E-state index in [2.05, 4.69) is 25.7 Å². The zero-order chi connectivity index (χ0) is 16.2. The van der Waals surface area contributed by atoms with Gasteiger partial charge >= 0.3 is 0 Å². The second kappa shape index (κ2) is 6.30. The van der Waals surface area contributed by atoms with Crippen molar-refractivity contribution < 1.29 is 9.53 Å². The van der Waals surface area contributed by atoms with Crippen molar-refractivity contribution in [3.8, 4) is 11.6 Å². The molecule has 23 heavy (non-hydrogen) atoms. The number of rotatable bonds is 5. The van der Waals surface area contributed by atoms with Crippen LogP contribution in [0.15, 0.2) is 36.9 Å². The zero-order valence-electron chi connectivity index (χ0n) is 12.8. The average Bonchev–Trinajstić information content (AvgIpc) is 3.17. The van der Waals surface area contributed by atoms with Gasteiger partial charge in [-0.2, -0.15) is 5.10 Å². The van der Waals surface area contributed by atoms with Crippen molar-refractivity contribution in [1.82, 2.24) is 25.0 Å². The number of benzene rings is 1. The van der Waals surface area contributed by atoms with Gasteiger partial charge in [-0.15, -0.1) is 10.2 Å². The molecule has 2 aromatic heterocycles. The number of hydrogen-bond donors (Lipinski definition) is 2. The van der Waals surface area contributed by atoms with Gasteiger partial charge in [0, 0.05) is 0 Å². The summed E-state index contributed by atoms with van der Waals surface area (Å²) in [4.78, 5) is 12.2. The number of anilines is 1. The topological polar surface area (TPSA) is 97.7 Å². The molecule has 0 fully saturated rings. The van der Waals surface area contributed by atoms with Gasteiger partial charge < -0.3 is 10.1 Å². The Morgan fingerprint density at radius 2 is 2.00 bits per heavy atom. The minimum absolute atomic E-state index is 0.0862. The van der Waals surface area contributed by atoms with E-state index in [1.807, 2.05) is 38.1 Å². The molecule has 2 heterocycles. The van der Waals surface area contributed by atoms with E-state index in [1.54, 1.807) is 4.57 Å². The number of ether oxygens (including phenoxy) is 1. The quantitative estimate of drug-likeness (QED) is 0.746. The molecule has 2 N–H and O–H groups in total. The fourth-order valence-electron chi connectivity index (χ4n) is 2.10. The Kier molecular flexibility index (Phi) is 4.05. The Labute approximate surface area is 132 Å². The van der Waals surface area contributed by atoms with Crippen molar-refractivity contribution in [1.29, 1.82) is 0 Å². The smallest absolute Gasteiger partial charge is 0.262 e. The number of nitrogens with zero attached hydrogens (tertiary/aromatic N) is 4. The molecule has 1 amide bonds. The molecule has 3 rings (SSSR count). The predicted molar refractivity (Wildman–Crippen MR) is 83.5 cm³/mol. The number of aryl methyl sites for hydroxylation is 2. The molecule has 8 heteroatoms. The number of para-hydroxylation sites is 1. The van der Waals surface area contributed by atoms with Crippen molar-refractivity contribution in [3.63, 3.8) is 0 Å². The molecule has 0 unspecified atom stereocenters. The summed E-state index contributed by atoms with van der Waals surface area (Å²) in [6.07, 6.45) is 3.02. The minimum atomic E-state index is -0.271. The van der Waals surface area contributed by atoms with E-state index in [1.165, 1.54) is 12.7 Å². The van der Waals surface area contributed by atoms with Gasteiger partial charge in [0.25, 0.3) is 5.91 Å². The van der Waals surface area contributed by atoms with Crippen molar-refractivity contribution in [2.75, 3.05) is 11.9 Å². The van der Waals surface area contributed by atoms with Gasteiger partial charge in [-0.1, -0.05) is 18.2 Å². The van der Waals surface area contributed by atoms with Crippen LogP contribution in [0.5, 0.6) is 5.75 Å². The molecule has 0 saturated carbocycles. The van der Waals surface area contributed by atoms with Gasteiger partial charge in [0.05, 0.1) is 5.69 Å². The molecular formula is C15H16N6O2. The molecular weight excluding hydrogens is 296 g/mol. The summed E-state index contributed by atoms with van der Waals surface area (Å²) in [5, 5.41) is 17.3. The third-order valence-corrected chi connectivity index (χ3v) is 3.31. The first-order valence-corrected chi connectivity index (χ1v) is 7.03. The Hall–Kier alpha value is -3.16. The molecule has 0 radical (unpaired) electrons. The lowest BCUT2D eigenvalue weighted by molar-refractivity contribution is -0.118. The Bertz CT molecular complexity index is 809. The SMILES string of the molecule is Cc1ccccc1OCC(=O)Nc1c(-n2cnnc2)n[nH]c1C. The second-order valence-corrected chi connectivity index (χ2v) is 5.02. The molecule has 1 aromatic carbocycles. The van der Waals surface area contributed by atoms with Crippen LogP contribution >= 0.6 is 0 Å². The van der Waals surface area contributed by atoms with Gasteiger partial charge in [0.1, 0.15) is 24.1 Å². The van der Waals surface area contributed by atoms with Crippen molar-refractivity contribution in [3.05, 3.63) is 48.2 Å². The normalized spacial score (nSPS) is 10.5. The lowest BCUT2D eigenvalue weighted by Crippen LogP contribution is -2.21. The highest BCUT2D eigenvalue weighted by Crippen LogP contribution is 2.21. The van der Waals surface area contributed by atoms with E-state index in [4.69, 9.17) is 4.74 Å².